The van der Waals surface area contributed by atoms with Crippen molar-refractivity contribution in [3.63, 3.8) is 0 Å². The zero-order valence-electron chi connectivity index (χ0n) is 8.98. The summed E-state index contributed by atoms with van der Waals surface area (Å²) >= 11 is 3.32. The molecule has 0 saturated carbocycles. The van der Waals surface area contributed by atoms with Crippen LogP contribution in [0.25, 0.3) is 0 Å². The van der Waals surface area contributed by atoms with Crippen molar-refractivity contribution in [1.29, 1.82) is 0 Å². The summed E-state index contributed by atoms with van der Waals surface area (Å²) in [6.45, 7) is 0. The van der Waals surface area contributed by atoms with Crippen molar-refractivity contribution in [3.05, 3.63) is 64.1 Å². The highest BCUT2D eigenvalue weighted by atomic mass is 79.9. The molecule has 17 heavy (non-hydrogen) atoms. The van der Waals surface area contributed by atoms with Gasteiger partial charge in [-0.2, -0.15) is 0 Å². The topological polar surface area (TPSA) is 33.1 Å². The highest BCUT2D eigenvalue weighted by Gasteiger charge is 2.09. The summed E-state index contributed by atoms with van der Waals surface area (Å²) in [7, 11) is 0. The molecule has 1 unspecified atom stereocenters. The molecular weight excluding hydrogens is 285 g/mol. The van der Waals surface area contributed by atoms with Crippen LogP contribution in [-0.2, 0) is 6.42 Å². The second-order valence-corrected chi connectivity index (χ2v) is 4.70. The van der Waals surface area contributed by atoms with E-state index in [1.54, 1.807) is 24.5 Å². The first kappa shape index (κ1) is 12.2. The number of hydrogen-bond acceptors (Lipinski definition) is 2. The van der Waals surface area contributed by atoms with Crippen LogP contribution in [0, 0.1) is 5.82 Å². The van der Waals surface area contributed by atoms with Crippen molar-refractivity contribution < 1.29 is 9.50 Å². The number of pyridine rings is 1. The van der Waals surface area contributed by atoms with Gasteiger partial charge in [-0.15, -0.1) is 0 Å². The molecule has 1 heterocycles. The second-order valence-electron chi connectivity index (χ2n) is 3.78. The van der Waals surface area contributed by atoms with Crippen LogP contribution in [0.2, 0.25) is 0 Å². The quantitative estimate of drug-likeness (QED) is 0.943. The van der Waals surface area contributed by atoms with Crippen molar-refractivity contribution in [2.24, 2.45) is 0 Å². The minimum atomic E-state index is -0.647. The Labute approximate surface area is 107 Å². The molecule has 0 aliphatic carbocycles. The van der Waals surface area contributed by atoms with Crippen LogP contribution < -0.4 is 0 Å². The van der Waals surface area contributed by atoms with Gasteiger partial charge in [0, 0.05) is 23.3 Å². The third-order valence-corrected chi connectivity index (χ3v) is 2.88. The lowest BCUT2D eigenvalue weighted by Crippen LogP contribution is -2.02. The van der Waals surface area contributed by atoms with Gasteiger partial charge in [-0.25, -0.2) is 4.39 Å². The molecular formula is C13H11BrFNO. The number of hydrogen-bond donors (Lipinski definition) is 1. The van der Waals surface area contributed by atoms with E-state index in [1.165, 1.54) is 12.1 Å². The Bertz CT molecular complexity index is 501. The number of aliphatic hydroxyl groups excluding tert-OH is 1. The van der Waals surface area contributed by atoms with E-state index in [2.05, 4.69) is 20.9 Å². The van der Waals surface area contributed by atoms with Crippen molar-refractivity contribution >= 4 is 15.9 Å². The maximum Gasteiger partial charge on any atom is 0.123 e. The molecule has 0 bridgehead atoms. The average Bonchev–Trinajstić information content (AvgIpc) is 2.29. The monoisotopic (exact) mass is 295 g/mol. The number of aromatic nitrogens is 1. The Morgan fingerprint density at radius 3 is 2.59 bits per heavy atom. The van der Waals surface area contributed by atoms with Gasteiger partial charge in [0.05, 0.1) is 6.10 Å². The molecule has 1 N–H and O–H groups in total. The highest BCUT2D eigenvalue weighted by Crippen LogP contribution is 2.19. The van der Waals surface area contributed by atoms with Crippen LogP contribution in [-0.4, -0.2) is 10.1 Å². The molecule has 1 aromatic heterocycles. The Morgan fingerprint density at radius 2 is 1.94 bits per heavy atom. The fraction of sp³-hybridized carbons (Fsp3) is 0.154. The molecule has 4 heteroatoms. The smallest absolute Gasteiger partial charge is 0.123 e. The summed E-state index contributed by atoms with van der Waals surface area (Å²) in [4.78, 5) is 4.03. The van der Waals surface area contributed by atoms with Crippen LogP contribution in [0.15, 0.2) is 47.2 Å². The molecule has 0 aliphatic heterocycles. The van der Waals surface area contributed by atoms with Crippen molar-refractivity contribution in [2.75, 3.05) is 0 Å². The summed E-state index contributed by atoms with van der Waals surface area (Å²) in [5, 5.41) is 9.99. The standard InChI is InChI=1S/C13H11BrFNO/c14-11-5-9(7-16-8-11)6-13(17)10-1-3-12(15)4-2-10/h1-5,7-8,13,17H,6H2. The SMILES string of the molecule is OC(Cc1cncc(Br)c1)c1ccc(F)cc1. The van der Waals surface area contributed by atoms with E-state index < -0.39 is 6.10 Å². The molecule has 0 radical (unpaired) electrons. The predicted molar refractivity (Wildman–Crippen MR) is 67.0 cm³/mol. The van der Waals surface area contributed by atoms with Crippen LogP contribution in [0.5, 0.6) is 0 Å². The van der Waals surface area contributed by atoms with Gasteiger partial charge in [0.1, 0.15) is 5.82 Å². The maximum atomic E-state index is 12.7. The predicted octanol–water partition coefficient (Wildman–Crippen LogP) is 3.26. The minimum Gasteiger partial charge on any atom is -0.388 e. The average molecular weight is 296 g/mol. The second kappa shape index (κ2) is 5.38. The first-order valence-electron chi connectivity index (χ1n) is 5.18. The molecule has 88 valence electrons. The number of rotatable bonds is 3. The first-order chi connectivity index (χ1) is 8.15. The molecule has 0 aliphatic rings. The zero-order chi connectivity index (χ0) is 12.3. The van der Waals surface area contributed by atoms with Crippen molar-refractivity contribution in [3.8, 4) is 0 Å². The van der Waals surface area contributed by atoms with Crippen LogP contribution in [0.4, 0.5) is 4.39 Å². The lowest BCUT2D eigenvalue weighted by Gasteiger charge is -2.10. The van der Waals surface area contributed by atoms with Gasteiger partial charge in [-0.3, -0.25) is 4.98 Å². The summed E-state index contributed by atoms with van der Waals surface area (Å²) in [5.74, 6) is -0.301. The number of halogens is 2. The highest BCUT2D eigenvalue weighted by molar-refractivity contribution is 9.10. The Balaban J connectivity index is 2.11. The normalized spacial score (nSPS) is 12.4. The molecule has 0 saturated heterocycles. The lowest BCUT2D eigenvalue weighted by atomic mass is 10.0. The molecule has 0 spiro atoms. The van der Waals surface area contributed by atoms with E-state index in [9.17, 15) is 9.50 Å². The van der Waals surface area contributed by atoms with Crippen molar-refractivity contribution in [2.45, 2.75) is 12.5 Å². The zero-order valence-corrected chi connectivity index (χ0v) is 10.6. The minimum absolute atomic E-state index is 0.301. The molecule has 0 fully saturated rings. The molecule has 2 aromatic rings. The molecule has 1 atom stereocenters. The van der Waals surface area contributed by atoms with Crippen LogP contribution in [0.1, 0.15) is 17.2 Å². The summed E-state index contributed by atoms with van der Waals surface area (Å²) in [6, 6.07) is 7.77. The van der Waals surface area contributed by atoms with Gasteiger partial charge in [-0.1, -0.05) is 12.1 Å². The summed E-state index contributed by atoms with van der Waals surface area (Å²) in [6.07, 6.45) is 3.20. The summed E-state index contributed by atoms with van der Waals surface area (Å²) < 4.78 is 13.6. The Hall–Kier alpha value is -1.26. The van der Waals surface area contributed by atoms with Gasteiger partial charge in [0.2, 0.25) is 0 Å². The Kier molecular flexibility index (Phi) is 3.86. The van der Waals surface area contributed by atoms with Gasteiger partial charge >= 0.3 is 0 Å². The van der Waals surface area contributed by atoms with Crippen molar-refractivity contribution in [1.82, 2.24) is 4.98 Å². The van der Waals surface area contributed by atoms with Crippen LogP contribution >= 0.6 is 15.9 Å². The fourth-order valence-electron chi connectivity index (χ4n) is 1.59. The molecule has 2 nitrogen and oxygen atoms in total. The Morgan fingerprint density at radius 1 is 1.24 bits per heavy atom. The molecule has 2 rings (SSSR count). The largest absolute Gasteiger partial charge is 0.388 e. The van der Waals surface area contributed by atoms with Gasteiger partial charge in [-0.05, 0) is 45.3 Å². The fourth-order valence-corrected chi connectivity index (χ4v) is 2.01. The van der Waals surface area contributed by atoms with Crippen LogP contribution in [0.3, 0.4) is 0 Å². The maximum absolute atomic E-state index is 12.7. The number of aliphatic hydroxyl groups is 1. The summed E-state index contributed by atoms with van der Waals surface area (Å²) in [5.41, 5.74) is 1.63. The number of benzene rings is 1. The van der Waals surface area contributed by atoms with E-state index in [0.29, 0.717) is 12.0 Å². The first-order valence-corrected chi connectivity index (χ1v) is 5.97. The van der Waals surface area contributed by atoms with E-state index in [0.717, 1.165) is 10.0 Å². The van der Waals surface area contributed by atoms with Gasteiger partial charge in [0.15, 0.2) is 0 Å². The van der Waals surface area contributed by atoms with Gasteiger partial charge in [0.25, 0.3) is 0 Å². The molecule has 1 aromatic carbocycles. The van der Waals surface area contributed by atoms with Gasteiger partial charge < -0.3 is 5.11 Å². The van der Waals surface area contributed by atoms with E-state index in [-0.39, 0.29) is 5.82 Å². The number of nitrogens with zero attached hydrogens (tertiary/aromatic N) is 1. The third kappa shape index (κ3) is 3.35. The third-order valence-electron chi connectivity index (χ3n) is 2.45. The van der Waals surface area contributed by atoms with E-state index >= 15 is 0 Å². The van der Waals surface area contributed by atoms with E-state index in [1.807, 2.05) is 6.07 Å². The van der Waals surface area contributed by atoms with E-state index in [4.69, 9.17) is 0 Å². The lowest BCUT2D eigenvalue weighted by molar-refractivity contribution is 0.178. The molecule has 0 amide bonds.